The van der Waals surface area contributed by atoms with Crippen LogP contribution in [0.3, 0.4) is 0 Å². The molecule has 172 valence electrons. The molecule has 2 amide bonds. The van der Waals surface area contributed by atoms with Gasteiger partial charge in [-0.15, -0.1) is 0 Å². The van der Waals surface area contributed by atoms with Gasteiger partial charge < -0.3 is 15.4 Å². The molecule has 0 bridgehead atoms. The van der Waals surface area contributed by atoms with Crippen molar-refractivity contribution in [1.29, 1.82) is 0 Å². The van der Waals surface area contributed by atoms with Crippen LogP contribution in [0.5, 0.6) is 0 Å². The molecule has 8 nitrogen and oxygen atoms in total. The summed E-state index contributed by atoms with van der Waals surface area (Å²) in [5.74, 6) is 0.131. The van der Waals surface area contributed by atoms with Crippen molar-refractivity contribution in [2.45, 2.75) is 38.6 Å². The lowest BCUT2D eigenvalue weighted by atomic mass is 9.98. The zero-order valence-electron chi connectivity index (χ0n) is 18.6. The Morgan fingerprint density at radius 1 is 1.13 bits per heavy atom. The van der Waals surface area contributed by atoms with Gasteiger partial charge in [-0.2, -0.15) is 0 Å². The number of hydrogen-bond donors (Lipinski definition) is 2. The smallest absolute Gasteiger partial charge is 0.223 e. The summed E-state index contributed by atoms with van der Waals surface area (Å²) in [6.07, 6.45) is 7.54. The van der Waals surface area contributed by atoms with Crippen molar-refractivity contribution in [2.75, 3.05) is 59.0 Å². The third-order valence-electron chi connectivity index (χ3n) is 6.08. The van der Waals surface area contributed by atoms with Crippen molar-refractivity contribution in [3.8, 4) is 0 Å². The Balaban J connectivity index is 1.44. The van der Waals surface area contributed by atoms with E-state index in [0.717, 1.165) is 71.7 Å². The highest BCUT2D eigenvalue weighted by atomic mass is 16.5. The number of amides is 2. The van der Waals surface area contributed by atoms with E-state index in [1.54, 1.807) is 12.4 Å². The van der Waals surface area contributed by atoms with Gasteiger partial charge in [-0.1, -0.05) is 0 Å². The van der Waals surface area contributed by atoms with E-state index in [1.165, 1.54) is 5.56 Å². The molecule has 1 unspecified atom stereocenters. The molecule has 2 fully saturated rings. The van der Waals surface area contributed by atoms with E-state index in [4.69, 9.17) is 4.74 Å². The normalized spacial score (nSPS) is 22.3. The molecule has 3 heterocycles. The van der Waals surface area contributed by atoms with E-state index < -0.39 is 0 Å². The Morgan fingerprint density at radius 3 is 2.74 bits per heavy atom. The van der Waals surface area contributed by atoms with Gasteiger partial charge in [0.1, 0.15) is 0 Å². The number of morpholine rings is 1. The number of hydrogen-bond acceptors (Lipinski definition) is 6. The molecule has 0 radical (unpaired) electrons. The molecule has 2 N–H and O–H groups in total. The van der Waals surface area contributed by atoms with Gasteiger partial charge in [0.2, 0.25) is 11.8 Å². The van der Waals surface area contributed by atoms with Gasteiger partial charge in [0, 0.05) is 64.0 Å². The Hall–Kier alpha value is -2.03. The van der Waals surface area contributed by atoms with Crippen molar-refractivity contribution in [3.05, 3.63) is 30.1 Å². The lowest BCUT2D eigenvalue weighted by Crippen LogP contribution is -2.39. The maximum atomic E-state index is 12.8. The van der Waals surface area contributed by atoms with E-state index in [1.807, 2.05) is 12.1 Å². The molecule has 0 spiro atoms. The lowest BCUT2D eigenvalue weighted by Gasteiger charge is -2.26. The van der Waals surface area contributed by atoms with Crippen LogP contribution in [-0.2, 0) is 20.9 Å². The van der Waals surface area contributed by atoms with E-state index >= 15 is 0 Å². The van der Waals surface area contributed by atoms with Crippen LogP contribution in [0.4, 0.5) is 0 Å². The minimum atomic E-state index is -0.0513. The van der Waals surface area contributed by atoms with Gasteiger partial charge in [0.05, 0.1) is 13.2 Å². The summed E-state index contributed by atoms with van der Waals surface area (Å²) in [5, 5.41) is 6.11. The molecule has 0 saturated carbocycles. The molecule has 1 aromatic heterocycles. The number of carbonyl (C=O) groups excluding carboxylic acids is 2. The van der Waals surface area contributed by atoms with Gasteiger partial charge in [-0.3, -0.25) is 24.4 Å². The lowest BCUT2D eigenvalue weighted by molar-refractivity contribution is -0.126. The van der Waals surface area contributed by atoms with Crippen molar-refractivity contribution in [3.63, 3.8) is 0 Å². The predicted octanol–water partition coefficient (Wildman–Crippen LogP) is 1.03. The summed E-state index contributed by atoms with van der Waals surface area (Å²) < 4.78 is 5.37. The second-order valence-electron chi connectivity index (χ2n) is 8.46. The van der Waals surface area contributed by atoms with Crippen LogP contribution >= 0.6 is 0 Å². The summed E-state index contributed by atoms with van der Waals surface area (Å²) >= 11 is 0. The Labute approximate surface area is 185 Å². The molecule has 1 atom stereocenters. The molecule has 0 aliphatic carbocycles. The summed E-state index contributed by atoms with van der Waals surface area (Å²) in [4.78, 5) is 33.7. The molecule has 31 heavy (non-hydrogen) atoms. The highest BCUT2D eigenvalue weighted by Gasteiger charge is 2.20. The molecule has 2 aliphatic rings. The van der Waals surface area contributed by atoms with E-state index in [-0.39, 0.29) is 17.7 Å². The summed E-state index contributed by atoms with van der Waals surface area (Å²) in [6, 6.07) is 4.02. The summed E-state index contributed by atoms with van der Waals surface area (Å²) in [7, 11) is 0. The summed E-state index contributed by atoms with van der Waals surface area (Å²) in [6.45, 7) is 8.24. The van der Waals surface area contributed by atoms with Gasteiger partial charge in [0.25, 0.3) is 0 Å². The van der Waals surface area contributed by atoms with Gasteiger partial charge in [-0.05, 0) is 56.5 Å². The first-order valence-electron chi connectivity index (χ1n) is 11.7. The minimum absolute atomic E-state index is 0.0513. The number of ether oxygens (including phenoxy) is 1. The number of pyridine rings is 1. The average Bonchev–Trinajstić information content (AvgIpc) is 2.83. The molecule has 8 heteroatoms. The number of nitrogens with zero attached hydrogens (tertiary/aromatic N) is 3. The van der Waals surface area contributed by atoms with E-state index in [0.29, 0.717) is 25.9 Å². The first-order chi connectivity index (χ1) is 15.2. The largest absolute Gasteiger partial charge is 0.379 e. The first-order valence-corrected chi connectivity index (χ1v) is 11.7. The van der Waals surface area contributed by atoms with Crippen molar-refractivity contribution in [1.82, 2.24) is 25.4 Å². The third-order valence-corrected chi connectivity index (χ3v) is 6.08. The first kappa shape index (κ1) is 23.6. The van der Waals surface area contributed by atoms with Crippen LogP contribution in [0.1, 0.15) is 37.7 Å². The van der Waals surface area contributed by atoms with E-state index in [9.17, 15) is 9.59 Å². The van der Waals surface area contributed by atoms with Gasteiger partial charge >= 0.3 is 0 Å². The number of rotatable bonds is 7. The molecule has 2 saturated heterocycles. The zero-order valence-corrected chi connectivity index (χ0v) is 18.6. The molecule has 2 aliphatic heterocycles. The molecular weight excluding hydrogens is 394 g/mol. The van der Waals surface area contributed by atoms with Crippen LogP contribution in [0, 0.1) is 5.92 Å². The fourth-order valence-electron chi connectivity index (χ4n) is 4.20. The monoisotopic (exact) mass is 431 g/mol. The van der Waals surface area contributed by atoms with Gasteiger partial charge in [-0.25, -0.2) is 0 Å². The van der Waals surface area contributed by atoms with Crippen molar-refractivity contribution in [2.24, 2.45) is 5.92 Å². The standard InChI is InChI=1S/C23H37N5O3/c29-22-7-14-28(19-20-4-9-24-10-5-20)12-1-3-21(6-11-25-22)23(30)26-8-2-13-27-15-17-31-18-16-27/h4-5,9-10,21H,1-3,6-8,11-19H2,(H,25,29)(H,26,30). The van der Waals surface area contributed by atoms with Crippen LogP contribution < -0.4 is 10.6 Å². The van der Waals surface area contributed by atoms with Crippen LogP contribution in [0.2, 0.25) is 0 Å². The van der Waals surface area contributed by atoms with Crippen LogP contribution in [-0.4, -0.2) is 85.6 Å². The number of carbonyl (C=O) groups is 2. The fourth-order valence-corrected chi connectivity index (χ4v) is 4.20. The second-order valence-corrected chi connectivity index (χ2v) is 8.46. The Morgan fingerprint density at radius 2 is 1.94 bits per heavy atom. The van der Waals surface area contributed by atoms with Crippen LogP contribution in [0.25, 0.3) is 0 Å². The molecular formula is C23H37N5O3. The topological polar surface area (TPSA) is 86.8 Å². The van der Waals surface area contributed by atoms with Crippen LogP contribution in [0.15, 0.2) is 24.5 Å². The van der Waals surface area contributed by atoms with Gasteiger partial charge in [0.15, 0.2) is 0 Å². The zero-order chi connectivity index (χ0) is 21.7. The Kier molecular flexibility index (Phi) is 10.2. The van der Waals surface area contributed by atoms with Crippen molar-refractivity contribution >= 4 is 11.8 Å². The SMILES string of the molecule is O=C1CCN(Cc2ccncc2)CCCC(C(=O)NCCCN2CCOCC2)CCN1. The fraction of sp³-hybridized carbons (Fsp3) is 0.696. The third kappa shape index (κ3) is 8.93. The Bertz CT molecular complexity index is 666. The summed E-state index contributed by atoms with van der Waals surface area (Å²) in [5.41, 5.74) is 1.19. The van der Waals surface area contributed by atoms with Crippen molar-refractivity contribution < 1.29 is 14.3 Å². The minimum Gasteiger partial charge on any atom is -0.379 e. The molecule has 1 aromatic rings. The maximum absolute atomic E-state index is 12.8. The predicted molar refractivity (Wildman–Crippen MR) is 119 cm³/mol. The molecule has 3 rings (SSSR count). The molecule has 0 aromatic carbocycles. The number of aromatic nitrogens is 1. The highest BCUT2D eigenvalue weighted by Crippen LogP contribution is 2.15. The quantitative estimate of drug-likeness (QED) is 0.627. The second kappa shape index (κ2) is 13.4. The average molecular weight is 432 g/mol. The number of nitrogens with one attached hydrogen (secondary N) is 2. The highest BCUT2D eigenvalue weighted by molar-refractivity contribution is 5.79. The van der Waals surface area contributed by atoms with E-state index in [2.05, 4.69) is 25.4 Å². The maximum Gasteiger partial charge on any atom is 0.223 e.